The van der Waals surface area contributed by atoms with Crippen molar-refractivity contribution in [1.29, 1.82) is 0 Å². The van der Waals surface area contributed by atoms with Crippen molar-refractivity contribution in [3.63, 3.8) is 0 Å². The molecular weight excluding hydrogens is 423 g/mol. The van der Waals surface area contributed by atoms with E-state index in [0.717, 1.165) is 18.2 Å². The number of halogens is 3. The van der Waals surface area contributed by atoms with Crippen molar-refractivity contribution in [2.75, 3.05) is 26.2 Å². The van der Waals surface area contributed by atoms with Crippen LogP contribution in [0.3, 0.4) is 0 Å². The second kappa shape index (κ2) is 8.31. The van der Waals surface area contributed by atoms with E-state index in [0.29, 0.717) is 33.7 Å². The maximum Gasteiger partial charge on any atom is 0.416 e. The third kappa shape index (κ3) is 3.95. The number of alkyl halides is 3. The lowest BCUT2D eigenvalue weighted by molar-refractivity contribution is -0.137. The number of nitrogens with zero attached hydrogens (tertiary/aromatic N) is 1. The van der Waals surface area contributed by atoms with Crippen LogP contribution in [0.1, 0.15) is 11.1 Å². The normalized spacial score (nSPS) is 15.7. The summed E-state index contributed by atoms with van der Waals surface area (Å²) in [6, 6.07) is 7.25. The molecule has 1 saturated heterocycles. The van der Waals surface area contributed by atoms with E-state index in [9.17, 15) is 22.8 Å². The summed E-state index contributed by atoms with van der Waals surface area (Å²) in [5.41, 5.74) is -0.677. The van der Waals surface area contributed by atoms with Crippen LogP contribution in [0.2, 0.25) is 0 Å². The molecule has 158 valence electrons. The Balaban J connectivity index is 2.01. The molecule has 10 heteroatoms. The standard InChI is InChI=1S/C20H16F3NO5S/c1-27-14-8-7-11(16(28-2)17(14)29-3)9-15-18(25)24(19(26)30-15)13-6-4-5-12(10-13)20(21,22)23/h4-10H,1-3H3/b15-9-. The van der Waals surface area contributed by atoms with Crippen molar-refractivity contribution < 1.29 is 37.0 Å². The van der Waals surface area contributed by atoms with Gasteiger partial charge in [-0.3, -0.25) is 9.59 Å². The van der Waals surface area contributed by atoms with Gasteiger partial charge in [0.1, 0.15) is 0 Å². The zero-order valence-electron chi connectivity index (χ0n) is 16.1. The van der Waals surface area contributed by atoms with Gasteiger partial charge in [-0.15, -0.1) is 0 Å². The molecular formula is C20H16F3NO5S. The number of imide groups is 1. The van der Waals surface area contributed by atoms with Gasteiger partial charge in [-0.25, -0.2) is 4.90 Å². The Kier molecular flexibility index (Phi) is 5.97. The number of hydrogen-bond acceptors (Lipinski definition) is 6. The number of anilines is 1. The predicted octanol–water partition coefficient (Wildman–Crippen LogP) is 4.97. The highest BCUT2D eigenvalue weighted by molar-refractivity contribution is 8.19. The predicted molar refractivity (Wildman–Crippen MR) is 106 cm³/mol. The van der Waals surface area contributed by atoms with Gasteiger partial charge in [0.25, 0.3) is 11.1 Å². The molecule has 0 spiro atoms. The highest BCUT2D eigenvalue weighted by Crippen LogP contribution is 2.43. The molecule has 3 rings (SSSR count). The monoisotopic (exact) mass is 439 g/mol. The van der Waals surface area contributed by atoms with Crippen LogP contribution in [0.25, 0.3) is 6.08 Å². The SMILES string of the molecule is COc1ccc(/C=C2\SC(=O)N(c3cccc(C(F)(F)F)c3)C2=O)c(OC)c1OC. The third-order valence-electron chi connectivity index (χ3n) is 4.25. The largest absolute Gasteiger partial charge is 0.493 e. The van der Waals surface area contributed by atoms with E-state index in [4.69, 9.17) is 14.2 Å². The summed E-state index contributed by atoms with van der Waals surface area (Å²) in [6.45, 7) is 0. The van der Waals surface area contributed by atoms with Gasteiger partial charge in [0.15, 0.2) is 11.5 Å². The molecule has 1 heterocycles. The summed E-state index contributed by atoms with van der Waals surface area (Å²) in [5.74, 6) is 0.248. The van der Waals surface area contributed by atoms with Gasteiger partial charge in [-0.05, 0) is 48.2 Å². The Hall–Kier alpha value is -3.14. The van der Waals surface area contributed by atoms with Gasteiger partial charge in [-0.1, -0.05) is 6.07 Å². The number of benzene rings is 2. The maximum absolute atomic E-state index is 13.0. The molecule has 0 aromatic heterocycles. The number of carbonyl (C=O) groups excluding carboxylic acids is 2. The second-order valence-corrected chi connectivity index (χ2v) is 6.98. The van der Waals surface area contributed by atoms with Gasteiger partial charge in [0.05, 0.1) is 37.5 Å². The fourth-order valence-electron chi connectivity index (χ4n) is 2.89. The Bertz CT molecular complexity index is 1040. The third-order valence-corrected chi connectivity index (χ3v) is 5.12. The molecule has 1 aliphatic heterocycles. The molecule has 2 aromatic carbocycles. The molecule has 0 bridgehead atoms. The summed E-state index contributed by atoms with van der Waals surface area (Å²) in [5, 5.41) is -0.704. The minimum absolute atomic E-state index is 0.0305. The van der Waals surface area contributed by atoms with Crippen LogP contribution in [0, 0.1) is 0 Å². The zero-order valence-corrected chi connectivity index (χ0v) is 16.9. The van der Waals surface area contributed by atoms with Gasteiger partial charge in [0.2, 0.25) is 5.75 Å². The summed E-state index contributed by atoms with van der Waals surface area (Å²) in [6.07, 6.45) is -3.18. The van der Waals surface area contributed by atoms with Crippen LogP contribution in [-0.2, 0) is 11.0 Å². The minimum Gasteiger partial charge on any atom is -0.493 e. The van der Waals surface area contributed by atoms with Crippen molar-refractivity contribution in [2.24, 2.45) is 0 Å². The van der Waals surface area contributed by atoms with Crippen LogP contribution in [0.5, 0.6) is 17.2 Å². The first-order valence-electron chi connectivity index (χ1n) is 8.45. The average Bonchev–Trinajstić information content (AvgIpc) is 2.99. The van der Waals surface area contributed by atoms with Gasteiger partial charge < -0.3 is 14.2 Å². The van der Waals surface area contributed by atoms with E-state index in [2.05, 4.69) is 0 Å². The topological polar surface area (TPSA) is 65.1 Å². The van der Waals surface area contributed by atoms with Crippen LogP contribution in [-0.4, -0.2) is 32.5 Å². The summed E-state index contributed by atoms with van der Waals surface area (Å²) in [4.78, 5) is 25.9. The fourth-order valence-corrected chi connectivity index (χ4v) is 3.72. The highest BCUT2D eigenvalue weighted by atomic mass is 32.2. The van der Waals surface area contributed by atoms with E-state index in [1.165, 1.54) is 33.5 Å². The van der Waals surface area contributed by atoms with Crippen molar-refractivity contribution in [1.82, 2.24) is 0 Å². The first kappa shape index (κ1) is 21.6. The highest BCUT2D eigenvalue weighted by Gasteiger charge is 2.38. The first-order chi connectivity index (χ1) is 14.2. The Morgan fingerprint density at radius 2 is 1.67 bits per heavy atom. The Labute approximate surface area is 174 Å². The fraction of sp³-hybridized carbons (Fsp3) is 0.200. The molecule has 0 unspecified atom stereocenters. The summed E-state index contributed by atoms with van der Waals surface area (Å²) < 4.78 is 54.8. The molecule has 0 aliphatic carbocycles. The van der Waals surface area contributed by atoms with Crippen molar-refractivity contribution >= 4 is 34.7 Å². The first-order valence-corrected chi connectivity index (χ1v) is 9.27. The molecule has 0 radical (unpaired) electrons. The quantitative estimate of drug-likeness (QED) is 0.613. The molecule has 0 N–H and O–H groups in total. The van der Waals surface area contributed by atoms with Crippen molar-refractivity contribution in [2.45, 2.75) is 6.18 Å². The maximum atomic E-state index is 13.0. The molecule has 1 aliphatic rings. The number of ether oxygens (including phenoxy) is 3. The smallest absolute Gasteiger partial charge is 0.416 e. The number of amides is 2. The molecule has 0 atom stereocenters. The lowest BCUT2D eigenvalue weighted by Gasteiger charge is -2.15. The average molecular weight is 439 g/mol. The molecule has 0 saturated carbocycles. The number of thioether (sulfide) groups is 1. The number of rotatable bonds is 5. The second-order valence-electron chi connectivity index (χ2n) is 5.99. The van der Waals surface area contributed by atoms with Crippen LogP contribution in [0.4, 0.5) is 23.7 Å². The minimum atomic E-state index is -4.60. The molecule has 1 fully saturated rings. The molecule has 2 amide bonds. The number of methoxy groups -OCH3 is 3. The van der Waals surface area contributed by atoms with E-state index < -0.39 is 22.9 Å². The zero-order chi connectivity index (χ0) is 22.1. The van der Waals surface area contributed by atoms with E-state index in [1.807, 2.05) is 0 Å². The Morgan fingerprint density at radius 1 is 0.967 bits per heavy atom. The van der Waals surface area contributed by atoms with Crippen molar-refractivity contribution in [3.8, 4) is 17.2 Å². The lowest BCUT2D eigenvalue weighted by Crippen LogP contribution is -2.28. The molecule has 2 aromatic rings. The van der Waals surface area contributed by atoms with Gasteiger partial charge >= 0.3 is 6.18 Å². The molecule has 6 nitrogen and oxygen atoms in total. The van der Waals surface area contributed by atoms with E-state index in [1.54, 1.807) is 12.1 Å². The number of hydrogen-bond donors (Lipinski definition) is 0. The summed E-state index contributed by atoms with van der Waals surface area (Å²) >= 11 is 0.617. The number of carbonyl (C=O) groups is 2. The van der Waals surface area contributed by atoms with Crippen molar-refractivity contribution in [3.05, 3.63) is 52.4 Å². The van der Waals surface area contributed by atoms with E-state index >= 15 is 0 Å². The summed E-state index contributed by atoms with van der Waals surface area (Å²) in [7, 11) is 4.28. The van der Waals surface area contributed by atoms with Crippen LogP contribution >= 0.6 is 11.8 Å². The molecule has 30 heavy (non-hydrogen) atoms. The van der Waals surface area contributed by atoms with E-state index in [-0.39, 0.29) is 16.3 Å². The van der Waals surface area contributed by atoms with Gasteiger partial charge in [-0.2, -0.15) is 13.2 Å². The lowest BCUT2D eigenvalue weighted by atomic mass is 10.1. The van der Waals surface area contributed by atoms with Crippen LogP contribution < -0.4 is 19.1 Å². The van der Waals surface area contributed by atoms with Gasteiger partial charge in [0, 0.05) is 5.56 Å². The van der Waals surface area contributed by atoms with Crippen LogP contribution in [0.15, 0.2) is 41.3 Å². The Morgan fingerprint density at radius 3 is 2.27 bits per heavy atom.